The van der Waals surface area contributed by atoms with E-state index < -0.39 is 0 Å². The third-order valence-corrected chi connectivity index (χ3v) is 4.03. The normalized spacial score (nSPS) is 17.2. The molecule has 0 spiro atoms. The highest BCUT2D eigenvalue weighted by Gasteiger charge is 2.25. The Morgan fingerprint density at radius 3 is 2.64 bits per heavy atom. The highest BCUT2D eigenvalue weighted by Crippen LogP contribution is 2.30. The van der Waals surface area contributed by atoms with Crippen LogP contribution in [-0.2, 0) is 13.0 Å². The van der Waals surface area contributed by atoms with Gasteiger partial charge in [0.2, 0.25) is 0 Å². The quantitative estimate of drug-likeness (QED) is 0.742. The van der Waals surface area contributed by atoms with Crippen LogP contribution in [0.1, 0.15) is 29.7 Å². The maximum Gasteiger partial charge on any atom is 0.0980 e. The van der Waals surface area contributed by atoms with Crippen LogP contribution in [0.2, 0.25) is 0 Å². The largest absolute Gasteiger partial charge is 0.281 e. The van der Waals surface area contributed by atoms with Gasteiger partial charge in [-0.1, -0.05) is 73.0 Å². The van der Waals surface area contributed by atoms with E-state index in [4.69, 9.17) is 0 Å². The molecule has 0 N–H and O–H groups in total. The number of hydrogen-bond acceptors (Lipinski definition) is 1. The van der Waals surface area contributed by atoms with Gasteiger partial charge in [-0.2, -0.15) is 0 Å². The fraction of sp³-hybridized carbons (Fsp3) is 0.238. The zero-order valence-corrected chi connectivity index (χ0v) is 13.0. The van der Waals surface area contributed by atoms with Crippen LogP contribution in [0.25, 0.3) is 0 Å². The lowest BCUT2D eigenvalue weighted by Crippen LogP contribution is -2.34. The van der Waals surface area contributed by atoms with Crippen molar-refractivity contribution in [2.24, 2.45) is 0 Å². The molecular formula is C21H21N. The first-order valence-electron chi connectivity index (χ1n) is 7.77. The van der Waals surface area contributed by atoms with Gasteiger partial charge in [0, 0.05) is 13.1 Å². The minimum absolute atomic E-state index is 0.154. The first-order valence-corrected chi connectivity index (χ1v) is 7.77. The Balaban J connectivity index is 1.92. The summed E-state index contributed by atoms with van der Waals surface area (Å²) in [5, 5.41) is 0. The van der Waals surface area contributed by atoms with Gasteiger partial charge in [-0.15, -0.1) is 0 Å². The minimum Gasteiger partial charge on any atom is -0.281 e. The van der Waals surface area contributed by atoms with Crippen molar-refractivity contribution in [1.29, 1.82) is 0 Å². The smallest absolute Gasteiger partial charge is 0.0980 e. The molecule has 0 aromatic heterocycles. The summed E-state index contributed by atoms with van der Waals surface area (Å²) in [6, 6.07) is 19.5. The molecule has 1 atom stereocenters. The molecule has 3 rings (SSSR count). The lowest BCUT2D eigenvalue weighted by molar-refractivity contribution is 0.217. The zero-order chi connectivity index (χ0) is 15.4. The summed E-state index contributed by atoms with van der Waals surface area (Å²) in [4.78, 5) is 2.47. The summed E-state index contributed by atoms with van der Waals surface area (Å²) >= 11 is 0. The average Bonchev–Trinajstić information content (AvgIpc) is 2.54. The standard InChI is InChI=1S/C21H21N/c1-17(2)12-13-21-20-11-7-6-10-19(20)14-15-22(21)16-18-8-4-3-5-9-18/h3-11,21H,1,14-16H2,2H3. The Labute approximate surface area is 133 Å². The summed E-state index contributed by atoms with van der Waals surface area (Å²) < 4.78 is 0. The molecule has 1 unspecified atom stereocenters. The van der Waals surface area contributed by atoms with Crippen LogP contribution in [0.5, 0.6) is 0 Å². The van der Waals surface area contributed by atoms with Gasteiger partial charge >= 0.3 is 0 Å². The van der Waals surface area contributed by atoms with Gasteiger partial charge in [-0.25, -0.2) is 0 Å². The molecule has 22 heavy (non-hydrogen) atoms. The predicted molar refractivity (Wildman–Crippen MR) is 92.3 cm³/mol. The average molecular weight is 287 g/mol. The van der Waals surface area contributed by atoms with Gasteiger partial charge in [0.05, 0.1) is 6.04 Å². The van der Waals surface area contributed by atoms with Gasteiger partial charge in [-0.05, 0) is 35.6 Å². The summed E-state index contributed by atoms with van der Waals surface area (Å²) in [7, 11) is 0. The highest BCUT2D eigenvalue weighted by atomic mass is 15.2. The summed E-state index contributed by atoms with van der Waals surface area (Å²) in [6.07, 6.45) is 1.09. The molecular weight excluding hydrogens is 266 g/mol. The third-order valence-electron chi connectivity index (χ3n) is 4.03. The Bertz CT molecular complexity index is 718. The van der Waals surface area contributed by atoms with Crippen LogP contribution in [0.4, 0.5) is 0 Å². The van der Waals surface area contributed by atoms with Crippen LogP contribution in [0.15, 0.2) is 66.7 Å². The second-order valence-electron chi connectivity index (χ2n) is 5.86. The van der Waals surface area contributed by atoms with Crippen molar-refractivity contribution in [3.05, 3.63) is 83.4 Å². The molecule has 0 radical (unpaired) electrons. The maximum absolute atomic E-state index is 3.91. The zero-order valence-electron chi connectivity index (χ0n) is 13.0. The monoisotopic (exact) mass is 287 g/mol. The van der Waals surface area contributed by atoms with Crippen LogP contribution >= 0.6 is 0 Å². The summed E-state index contributed by atoms with van der Waals surface area (Å²) in [6.45, 7) is 7.85. The molecule has 110 valence electrons. The van der Waals surface area contributed by atoms with Crippen LogP contribution in [0.3, 0.4) is 0 Å². The van der Waals surface area contributed by atoms with E-state index in [9.17, 15) is 0 Å². The van der Waals surface area contributed by atoms with Crippen molar-refractivity contribution in [2.75, 3.05) is 6.54 Å². The van der Waals surface area contributed by atoms with Gasteiger partial charge in [0.25, 0.3) is 0 Å². The van der Waals surface area contributed by atoms with Crippen molar-refractivity contribution in [3.8, 4) is 11.8 Å². The topological polar surface area (TPSA) is 3.24 Å². The van der Waals surface area contributed by atoms with Gasteiger partial charge in [-0.3, -0.25) is 4.90 Å². The van der Waals surface area contributed by atoms with Gasteiger partial charge < -0.3 is 0 Å². The number of fused-ring (bicyclic) bond motifs is 1. The fourth-order valence-corrected chi connectivity index (χ4v) is 2.97. The van der Waals surface area contributed by atoms with E-state index in [1.807, 2.05) is 6.92 Å². The number of hydrogen-bond donors (Lipinski definition) is 0. The Morgan fingerprint density at radius 1 is 1.14 bits per heavy atom. The molecule has 2 aromatic rings. The first kappa shape index (κ1) is 14.6. The van der Waals surface area contributed by atoms with Gasteiger partial charge in [0.1, 0.15) is 0 Å². The molecule has 0 saturated heterocycles. The molecule has 0 amide bonds. The van der Waals surface area contributed by atoms with Crippen LogP contribution in [-0.4, -0.2) is 11.4 Å². The molecule has 1 heterocycles. The minimum atomic E-state index is 0.154. The Hall–Kier alpha value is -2.30. The van der Waals surface area contributed by atoms with Crippen LogP contribution < -0.4 is 0 Å². The molecule has 1 aliphatic rings. The summed E-state index contributed by atoms with van der Waals surface area (Å²) in [5.74, 6) is 6.61. The second kappa shape index (κ2) is 6.64. The molecule has 0 saturated carbocycles. The lowest BCUT2D eigenvalue weighted by atomic mass is 9.92. The maximum atomic E-state index is 3.91. The molecule has 2 aromatic carbocycles. The van der Waals surface area contributed by atoms with E-state index >= 15 is 0 Å². The van der Waals surface area contributed by atoms with E-state index in [-0.39, 0.29) is 6.04 Å². The van der Waals surface area contributed by atoms with Crippen molar-refractivity contribution < 1.29 is 0 Å². The SMILES string of the molecule is C=C(C)C#CC1c2ccccc2CCN1Cc1ccccc1. The van der Waals surface area contributed by atoms with Crippen molar-refractivity contribution >= 4 is 0 Å². The van der Waals surface area contributed by atoms with E-state index in [1.165, 1.54) is 16.7 Å². The molecule has 0 aliphatic carbocycles. The van der Waals surface area contributed by atoms with Crippen molar-refractivity contribution in [3.63, 3.8) is 0 Å². The molecule has 0 fully saturated rings. The van der Waals surface area contributed by atoms with Crippen molar-refractivity contribution in [1.82, 2.24) is 4.90 Å². The summed E-state index contributed by atoms with van der Waals surface area (Å²) in [5.41, 5.74) is 5.03. The van der Waals surface area contributed by atoms with E-state index in [2.05, 4.69) is 77.9 Å². The first-order chi connectivity index (χ1) is 10.7. The number of nitrogens with zero attached hydrogens (tertiary/aromatic N) is 1. The predicted octanol–water partition coefficient (Wildman–Crippen LogP) is 4.37. The Morgan fingerprint density at radius 2 is 1.86 bits per heavy atom. The van der Waals surface area contributed by atoms with E-state index in [0.717, 1.165) is 25.1 Å². The second-order valence-corrected chi connectivity index (χ2v) is 5.86. The van der Waals surface area contributed by atoms with Crippen molar-refractivity contribution in [2.45, 2.75) is 25.9 Å². The fourth-order valence-electron chi connectivity index (χ4n) is 2.97. The Kier molecular flexibility index (Phi) is 4.42. The molecule has 0 bridgehead atoms. The molecule has 1 heteroatoms. The highest BCUT2D eigenvalue weighted by molar-refractivity contribution is 5.39. The number of rotatable bonds is 2. The molecule has 1 nitrogen and oxygen atoms in total. The molecule has 1 aliphatic heterocycles. The van der Waals surface area contributed by atoms with Crippen LogP contribution in [0, 0.1) is 11.8 Å². The number of allylic oxidation sites excluding steroid dienone is 1. The van der Waals surface area contributed by atoms with E-state index in [1.54, 1.807) is 0 Å². The van der Waals surface area contributed by atoms with E-state index in [0.29, 0.717) is 0 Å². The number of benzene rings is 2. The van der Waals surface area contributed by atoms with Gasteiger partial charge in [0.15, 0.2) is 0 Å². The lowest BCUT2D eigenvalue weighted by Gasteiger charge is -2.34. The third kappa shape index (κ3) is 3.30.